The highest BCUT2D eigenvalue weighted by Gasteiger charge is 2.19. The Morgan fingerprint density at radius 2 is 2.14 bits per heavy atom. The van der Waals surface area contributed by atoms with Gasteiger partial charge in [0.15, 0.2) is 5.78 Å². The van der Waals surface area contributed by atoms with Crippen LogP contribution >= 0.6 is 15.9 Å². The van der Waals surface area contributed by atoms with Crippen molar-refractivity contribution >= 4 is 27.4 Å². The Bertz CT molecular complexity index is 377. The molecule has 0 saturated heterocycles. The Balaban J connectivity index is 3.41. The number of benzene rings is 1. The molecule has 14 heavy (non-hydrogen) atoms. The van der Waals surface area contributed by atoms with E-state index in [1.54, 1.807) is 0 Å². The number of rotatable bonds is 2. The van der Waals surface area contributed by atoms with Crippen LogP contribution < -0.4 is 0 Å². The number of nitro groups is 1. The lowest BCUT2D eigenvalue weighted by Crippen LogP contribution is -1.96. The van der Waals surface area contributed by atoms with Gasteiger partial charge < -0.3 is 5.11 Å². The molecule has 0 unspecified atom stereocenters. The van der Waals surface area contributed by atoms with Crippen molar-refractivity contribution in [3.05, 3.63) is 32.3 Å². The van der Waals surface area contributed by atoms with Crippen LogP contribution in [0.15, 0.2) is 16.6 Å². The molecule has 0 heterocycles. The molecule has 0 aliphatic heterocycles. The number of nitrogens with zero attached hydrogens (tertiary/aromatic N) is 1. The SMILES string of the molecule is CC(=O)c1ccc([N+](=O)[O-])c(Br)c1O. The monoisotopic (exact) mass is 259 g/mol. The first-order valence-corrected chi connectivity index (χ1v) is 4.41. The van der Waals surface area contributed by atoms with E-state index >= 15 is 0 Å². The number of halogens is 1. The van der Waals surface area contributed by atoms with Crippen LogP contribution in [0.3, 0.4) is 0 Å². The quantitative estimate of drug-likeness (QED) is 0.502. The average Bonchev–Trinajstić information content (AvgIpc) is 2.08. The van der Waals surface area contributed by atoms with Crippen molar-refractivity contribution < 1.29 is 14.8 Å². The zero-order valence-corrected chi connectivity index (χ0v) is 8.74. The Hall–Kier alpha value is -1.43. The van der Waals surface area contributed by atoms with Crippen LogP contribution in [0.1, 0.15) is 17.3 Å². The fraction of sp³-hybridized carbons (Fsp3) is 0.125. The van der Waals surface area contributed by atoms with Crippen LogP contribution in [-0.4, -0.2) is 15.8 Å². The number of hydrogen-bond donors (Lipinski definition) is 1. The van der Waals surface area contributed by atoms with Gasteiger partial charge in [0, 0.05) is 6.07 Å². The first-order chi connectivity index (χ1) is 6.45. The molecule has 74 valence electrons. The summed E-state index contributed by atoms with van der Waals surface area (Å²) in [5.74, 6) is -0.746. The van der Waals surface area contributed by atoms with E-state index in [0.717, 1.165) is 0 Å². The van der Waals surface area contributed by atoms with Gasteiger partial charge in [-0.15, -0.1) is 0 Å². The second kappa shape index (κ2) is 3.75. The summed E-state index contributed by atoms with van der Waals surface area (Å²) < 4.78 is -0.0739. The summed E-state index contributed by atoms with van der Waals surface area (Å²) in [4.78, 5) is 20.7. The lowest BCUT2D eigenvalue weighted by molar-refractivity contribution is -0.385. The number of Topliss-reactive ketones (excluding diaryl/α,β-unsaturated/α-hetero) is 1. The summed E-state index contributed by atoms with van der Waals surface area (Å²) in [5, 5.41) is 19.9. The standard InChI is InChI=1S/C8H6BrNO4/c1-4(11)5-2-3-6(10(13)14)7(9)8(5)12/h2-3,12H,1H3. The number of aromatic hydroxyl groups is 1. The molecule has 6 heteroatoms. The Morgan fingerprint density at radius 1 is 1.57 bits per heavy atom. The van der Waals surface area contributed by atoms with E-state index in [-0.39, 0.29) is 21.5 Å². The molecule has 0 bridgehead atoms. The van der Waals surface area contributed by atoms with Gasteiger partial charge in [0.05, 0.1) is 10.5 Å². The number of carbonyl (C=O) groups excluding carboxylic acids is 1. The molecule has 0 radical (unpaired) electrons. The average molecular weight is 260 g/mol. The first kappa shape index (κ1) is 10.6. The minimum Gasteiger partial charge on any atom is -0.506 e. The molecule has 0 amide bonds. The van der Waals surface area contributed by atoms with E-state index in [9.17, 15) is 20.0 Å². The number of carbonyl (C=O) groups is 1. The molecule has 0 fully saturated rings. The van der Waals surface area contributed by atoms with Crippen molar-refractivity contribution in [1.82, 2.24) is 0 Å². The zero-order chi connectivity index (χ0) is 10.9. The minimum absolute atomic E-state index is 0.0578. The largest absolute Gasteiger partial charge is 0.506 e. The van der Waals surface area contributed by atoms with Gasteiger partial charge in [0.2, 0.25) is 0 Å². The van der Waals surface area contributed by atoms with Crippen LogP contribution in [0.25, 0.3) is 0 Å². The zero-order valence-electron chi connectivity index (χ0n) is 7.15. The van der Waals surface area contributed by atoms with Crippen LogP contribution in [0.4, 0.5) is 5.69 Å². The normalized spacial score (nSPS) is 9.86. The highest BCUT2D eigenvalue weighted by Crippen LogP contribution is 2.36. The minimum atomic E-state index is -0.645. The highest BCUT2D eigenvalue weighted by molar-refractivity contribution is 9.10. The van der Waals surface area contributed by atoms with E-state index in [0.29, 0.717) is 0 Å². The number of hydrogen-bond acceptors (Lipinski definition) is 4. The third kappa shape index (κ3) is 1.74. The predicted molar refractivity (Wildman–Crippen MR) is 52.5 cm³/mol. The summed E-state index contributed by atoms with van der Waals surface area (Å²) in [6.45, 7) is 1.27. The van der Waals surface area contributed by atoms with Crippen LogP contribution in [-0.2, 0) is 0 Å². The number of phenolic OH excluding ortho intramolecular Hbond substituents is 1. The topological polar surface area (TPSA) is 80.4 Å². The molecule has 0 aromatic heterocycles. The maximum Gasteiger partial charge on any atom is 0.287 e. The van der Waals surface area contributed by atoms with Gasteiger partial charge in [0.1, 0.15) is 10.2 Å². The van der Waals surface area contributed by atoms with Crippen molar-refractivity contribution in [2.75, 3.05) is 0 Å². The molecule has 5 nitrogen and oxygen atoms in total. The lowest BCUT2D eigenvalue weighted by Gasteiger charge is -2.02. The van der Waals surface area contributed by atoms with E-state index in [1.165, 1.54) is 19.1 Å². The van der Waals surface area contributed by atoms with Crippen molar-refractivity contribution in [1.29, 1.82) is 0 Å². The highest BCUT2D eigenvalue weighted by atomic mass is 79.9. The molecular formula is C8H6BrNO4. The number of nitro benzene ring substituents is 1. The van der Waals surface area contributed by atoms with Gasteiger partial charge >= 0.3 is 0 Å². The third-order valence-electron chi connectivity index (χ3n) is 1.67. The van der Waals surface area contributed by atoms with Crippen molar-refractivity contribution in [2.24, 2.45) is 0 Å². The van der Waals surface area contributed by atoms with E-state index in [4.69, 9.17) is 0 Å². The predicted octanol–water partition coefficient (Wildman–Crippen LogP) is 2.27. The molecule has 0 aliphatic rings. The second-order valence-electron chi connectivity index (χ2n) is 2.61. The third-order valence-corrected chi connectivity index (χ3v) is 2.45. The summed E-state index contributed by atoms with van der Waals surface area (Å²) in [6.07, 6.45) is 0. The fourth-order valence-electron chi connectivity index (χ4n) is 0.979. The summed E-state index contributed by atoms with van der Waals surface area (Å²) in [5.41, 5.74) is -0.213. The molecular weight excluding hydrogens is 254 g/mol. The Labute approximate surface area is 87.6 Å². The van der Waals surface area contributed by atoms with Gasteiger partial charge in [-0.25, -0.2) is 0 Å². The maximum absolute atomic E-state index is 10.9. The molecule has 0 saturated carbocycles. The molecule has 1 aromatic carbocycles. The van der Waals surface area contributed by atoms with Crippen LogP contribution in [0.5, 0.6) is 5.75 Å². The number of ketones is 1. The van der Waals surface area contributed by atoms with Gasteiger partial charge in [-0.3, -0.25) is 14.9 Å². The maximum atomic E-state index is 10.9. The van der Waals surface area contributed by atoms with Crippen molar-refractivity contribution in [3.8, 4) is 5.75 Å². The van der Waals surface area contributed by atoms with Crippen molar-refractivity contribution in [2.45, 2.75) is 6.92 Å². The van der Waals surface area contributed by atoms with Gasteiger partial charge in [-0.05, 0) is 28.9 Å². The lowest BCUT2D eigenvalue weighted by atomic mass is 10.1. The van der Waals surface area contributed by atoms with Crippen LogP contribution in [0.2, 0.25) is 0 Å². The van der Waals surface area contributed by atoms with Gasteiger partial charge in [-0.1, -0.05) is 0 Å². The Kier molecular flexibility index (Phi) is 2.85. The van der Waals surface area contributed by atoms with Gasteiger partial charge in [-0.2, -0.15) is 0 Å². The Morgan fingerprint density at radius 3 is 2.57 bits per heavy atom. The van der Waals surface area contributed by atoms with Gasteiger partial charge in [0.25, 0.3) is 5.69 Å². The molecule has 0 spiro atoms. The van der Waals surface area contributed by atoms with Crippen LogP contribution in [0, 0.1) is 10.1 Å². The molecule has 0 atom stereocenters. The molecule has 1 rings (SSSR count). The summed E-state index contributed by atoms with van der Waals surface area (Å²) in [7, 11) is 0. The van der Waals surface area contributed by atoms with E-state index < -0.39 is 10.7 Å². The summed E-state index contributed by atoms with van der Waals surface area (Å²) in [6, 6.07) is 2.39. The van der Waals surface area contributed by atoms with E-state index in [2.05, 4.69) is 15.9 Å². The smallest absolute Gasteiger partial charge is 0.287 e. The fourth-order valence-corrected chi connectivity index (χ4v) is 1.47. The first-order valence-electron chi connectivity index (χ1n) is 3.62. The molecule has 1 N–H and O–H groups in total. The van der Waals surface area contributed by atoms with Crippen molar-refractivity contribution in [3.63, 3.8) is 0 Å². The van der Waals surface area contributed by atoms with E-state index in [1.807, 2.05) is 0 Å². The molecule has 0 aliphatic carbocycles. The molecule has 1 aromatic rings. The second-order valence-corrected chi connectivity index (χ2v) is 3.40. The summed E-state index contributed by atoms with van der Waals surface area (Å²) >= 11 is 2.86. The number of phenols is 1.